The number of carbonyl (C=O) groups excluding carboxylic acids is 2. The molecule has 2 aliphatic heterocycles. The van der Waals surface area contributed by atoms with Crippen LogP contribution in [0.3, 0.4) is 0 Å². The van der Waals surface area contributed by atoms with Crippen LogP contribution in [0.1, 0.15) is 33.0 Å². The molecule has 2 aromatic rings. The van der Waals surface area contributed by atoms with E-state index in [2.05, 4.69) is 10.4 Å². The molecule has 1 aromatic heterocycles. The van der Waals surface area contributed by atoms with E-state index in [9.17, 15) is 9.59 Å². The van der Waals surface area contributed by atoms with Gasteiger partial charge in [-0.2, -0.15) is 5.10 Å². The number of nitrogens with one attached hydrogen (secondary N) is 1. The predicted molar refractivity (Wildman–Crippen MR) is 101 cm³/mol. The average molecular weight is 384 g/mol. The van der Waals surface area contributed by atoms with Crippen molar-refractivity contribution in [3.63, 3.8) is 0 Å². The Kier molecular flexibility index (Phi) is 5.68. The maximum absolute atomic E-state index is 13.0. The van der Waals surface area contributed by atoms with Gasteiger partial charge in [0.25, 0.3) is 11.8 Å². The van der Waals surface area contributed by atoms with Gasteiger partial charge in [0, 0.05) is 32.2 Å². The van der Waals surface area contributed by atoms with E-state index in [0.29, 0.717) is 51.7 Å². The zero-order valence-corrected chi connectivity index (χ0v) is 15.7. The number of nitrogens with zero attached hydrogens (tertiary/aromatic N) is 3. The second-order valence-electron chi connectivity index (χ2n) is 6.98. The van der Waals surface area contributed by atoms with Gasteiger partial charge in [0.15, 0.2) is 5.69 Å². The fraction of sp³-hybridized carbons (Fsp3) is 0.450. The van der Waals surface area contributed by atoms with Crippen LogP contribution in [-0.4, -0.2) is 65.5 Å². The highest BCUT2D eigenvalue weighted by atomic mass is 16.6. The summed E-state index contributed by atoms with van der Waals surface area (Å²) < 4.78 is 12.5. The van der Waals surface area contributed by atoms with Gasteiger partial charge in [-0.3, -0.25) is 14.3 Å². The zero-order valence-electron chi connectivity index (χ0n) is 15.7. The molecule has 2 aliphatic rings. The molecular formula is C20H24N4O4. The van der Waals surface area contributed by atoms with Crippen LogP contribution in [0.4, 0.5) is 0 Å². The molecule has 28 heavy (non-hydrogen) atoms. The monoisotopic (exact) mass is 384 g/mol. The third-order valence-corrected chi connectivity index (χ3v) is 4.91. The average Bonchev–Trinajstić information content (AvgIpc) is 3.11. The van der Waals surface area contributed by atoms with Crippen molar-refractivity contribution in [2.24, 2.45) is 0 Å². The SMILES string of the molecule is O=C(NCC1COCCO1)c1cc2n(n1)CCCN(Cc1ccccc1)C2=O. The van der Waals surface area contributed by atoms with Crippen LogP contribution in [0, 0.1) is 0 Å². The number of hydrogen-bond donors (Lipinski definition) is 1. The van der Waals surface area contributed by atoms with Gasteiger partial charge in [-0.1, -0.05) is 30.3 Å². The van der Waals surface area contributed by atoms with E-state index < -0.39 is 0 Å². The van der Waals surface area contributed by atoms with Gasteiger partial charge in [0.2, 0.25) is 0 Å². The maximum atomic E-state index is 13.0. The van der Waals surface area contributed by atoms with Crippen LogP contribution in [0.25, 0.3) is 0 Å². The number of aromatic nitrogens is 2. The molecular weight excluding hydrogens is 360 g/mol. The highest BCUT2D eigenvalue weighted by molar-refractivity contribution is 5.98. The number of fused-ring (bicyclic) bond motifs is 1. The molecule has 1 unspecified atom stereocenters. The molecule has 0 radical (unpaired) electrons. The molecule has 8 heteroatoms. The van der Waals surface area contributed by atoms with Crippen molar-refractivity contribution >= 4 is 11.8 Å². The first-order valence-electron chi connectivity index (χ1n) is 9.59. The minimum Gasteiger partial charge on any atom is -0.376 e. The molecule has 0 bridgehead atoms. The van der Waals surface area contributed by atoms with E-state index in [4.69, 9.17) is 9.47 Å². The lowest BCUT2D eigenvalue weighted by atomic mass is 10.2. The summed E-state index contributed by atoms with van der Waals surface area (Å²) in [4.78, 5) is 27.3. The first-order chi connectivity index (χ1) is 13.7. The highest BCUT2D eigenvalue weighted by Crippen LogP contribution is 2.16. The summed E-state index contributed by atoms with van der Waals surface area (Å²) in [6.07, 6.45) is 0.641. The van der Waals surface area contributed by atoms with Gasteiger partial charge in [-0.15, -0.1) is 0 Å². The normalized spacial score (nSPS) is 19.8. The minimum absolute atomic E-state index is 0.100. The standard InChI is InChI=1S/C20H24N4O4/c25-19(21-12-16-14-27-9-10-28-16)17-11-18-20(26)23(7-4-8-24(18)22-17)13-15-5-2-1-3-6-15/h1-3,5-6,11,16H,4,7-10,12-14H2,(H,21,25). The van der Waals surface area contributed by atoms with Crippen LogP contribution in [0.2, 0.25) is 0 Å². The summed E-state index contributed by atoms with van der Waals surface area (Å²) in [5, 5.41) is 7.17. The highest BCUT2D eigenvalue weighted by Gasteiger charge is 2.26. The molecule has 2 amide bonds. The van der Waals surface area contributed by atoms with E-state index >= 15 is 0 Å². The molecule has 1 N–H and O–H groups in total. The maximum Gasteiger partial charge on any atom is 0.272 e. The van der Waals surface area contributed by atoms with Gasteiger partial charge in [-0.25, -0.2) is 0 Å². The molecule has 0 saturated carbocycles. The van der Waals surface area contributed by atoms with Crippen molar-refractivity contribution in [1.82, 2.24) is 20.0 Å². The van der Waals surface area contributed by atoms with Crippen LogP contribution in [-0.2, 0) is 22.6 Å². The van der Waals surface area contributed by atoms with Gasteiger partial charge >= 0.3 is 0 Å². The molecule has 4 rings (SSSR count). The second-order valence-corrected chi connectivity index (χ2v) is 6.98. The second kappa shape index (κ2) is 8.53. The lowest BCUT2D eigenvalue weighted by Crippen LogP contribution is -2.39. The largest absolute Gasteiger partial charge is 0.376 e. The van der Waals surface area contributed by atoms with E-state index in [1.54, 1.807) is 10.7 Å². The molecule has 148 valence electrons. The predicted octanol–water partition coefficient (Wildman–Crippen LogP) is 1.07. The molecule has 3 heterocycles. The Bertz CT molecular complexity index is 830. The number of rotatable bonds is 5. The molecule has 1 saturated heterocycles. The quantitative estimate of drug-likeness (QED) is 0.834. The summed E-state index contributed by atoms with van der Waals surface area (Å²) in [7, 11) is 0. The van der Waals surface area contributed by atoms with Crippen LogP contribution < -0.4 is 5.32 Å². The number of benzene rings is 1. The topological polar surface area (TPSA) is 85.7 Å². The van der Waals surface area contributed by atoms with Gasteiger partial charge in [0.05, 0.1) is 25.9 Å². The van der Waals surface area contributed by atoms with E-state index in [1.807, 2.05) is 35.2 Å². The Labute approximate surface area is 163 Å². The Morgan fingerprint density at radius 1 is 1.21 bits per heavy atom. The number of amides is 2. The first-order valence-corrected chi connectivity index (χ1v) is 9.59. The molecule has 0 spiro atoms. The van der Waals surface area contributed by atoms with Crippen molar-refractivity contribution in [3.8, 4) is 0 Å². The van der Waals surface area contributed by atoms with E-state index in [-0.39, 0.29) is 23.6 Å². The Balaban J connectivity index is 1.43. The number of carbonyl (C=O) groups is 2. The third-order valence-electron chi connectivity index (χ3n) is 4.91. The van der Waals surface area contributed by atoms with Crippen molar-refractivity contribution in [3.05, 3.63) is 53.3 Å². The smallest absolute Gasteiger partial charge is 0.272 e. The van der Waals surface area contributed by atoms with Crippen molar-refractivity contribution in [2.45, 2.75) is 25.6 Å². The molecule has 8 nitrogen and oxygen atoms in total. The van der Waals surface area contributed by atoms with E-state index in [0.717, 1.165) is 12.0 Å². The van der Waals surface area contributed by atoms with E-state index in [1.165, 1.54) is 0 Å². The van der Waals surface area contributed by atoms with Crippen LogP contribution >= 0.6 is 0 Å². The number of aryl methyl sites for hydroxylation is 1. The Morgan fingerprint density at radius 3 is 2.86 bits per heavy atom. The minimum atomic E-state index is -0.308. The Morgan fingerprint density at radius 2 is 2.07 bits per heavy atom. The zero-order chi connectivity index (χ0) is 19.3. The first kappa shape index (κ1) is 18.6. The molecule has 1 atom stereocenters. The summed E-state index contributed by atoms with van der Waals surface area (Å²) in [6.45, 7) is 3.76. The summed E-state index contributed by atoms with van der Waals surface area (Å²) >= 11 is 0. The summed E-state index contributed by atoms with van der Waals surface area (Å²) in [6, 6.07) is 11.5. The molecule has 0 aliphatic carbocycles. The van der Waals surface area contributed by atoms with Gasteiger partial charge in [0.1, 0.15) is 5.69 Å². The summed E-state index contributed by atoms with van der Waals surface area (Å²) in [5.74, 6) is -0.408. The van der Waals surface area contributed by atoms with Crippen molar-refractivity contribution in [2.75, 3.05) is 32.9 Å². The lowest BCUT2D eigenvalue weighted by molar-refractivity contribution is -0.0855. The fourth-order valence-electron chi connectivity index (χ4n) is 3.45. The fourth-order valence-corrected chi connectivity index (χ4v) is 3.45. The summed E-state index contributed by atoms with van der Waals surface area (Å²) in [5.41, 5.74) is 1.79. The van der Waals surface area contributed by atoms with Crippen molar-refractivity contribution in [1.29, 1.82) is 0 Å². The molecule has 1 aromatic carbocycles. The Hall–Kier alpha value is -2.71. The van der Waals surface area contributed by atoms with Crippen LogP contribution in [0.5, 0.6) is 0 Å². The molecule has 1 fully saturated rings. The number of hydrogen-bond acceptors (Lipinski definition) is 5. The van der Waals surface area contributed by atoms with Gasteiger partial charge in [-0.05, 0) is 12.0 Å². The van der Waals surface area contributed by atoms with Gasteiger partial charge < -0.3 is 19.7 Å². The van der Waals surface area contributed by atoms with Crippen LogP contribution in [0.15, 0.2) is 36.4 Å². The number of ether oxygens (including phenoxy) is 2. The third kappa shape index (κ3) is 4.23. The van der Waals surface area contributed by atoms with Crippen molar-refractivity contribution < 1.29 is 19.1 Å². The lowest BCUT2D eigenvalue weighted by Gasteiger charge is -2.22.